The standard InChI is InChI=1S/C15H21NS2/c1-5-12-7-8-14(18-12)15(16-6-2)13-9-10(3)17-11(13)4/h7-9,15-16H,5-6H2,1-4H3. The molecule has 0 saturated heterocycles. The van der Waals surface area contributed by atoms with Gasteiger partial charge >= 0.3 is 0 Å². The third kappa shape index (κ3) is 2.85. The summed E-state index contributed by atoms with van der Waals surface area (Å²) in [4.78, 5) is 5.75. The SMILES string of the molecule is CCNC(c1ccc(CC)s1)c1cc(C)sc1C. The summed E-state index contributed by atoms with van der Waals surface area (Å²) in [6, 6.07) is 7.24. The molecule has 0 saturated carbocycles. The highest BCUT2D eigenvalue weighted by Gasteiger charge is 2.18. The van der Waals surface area contributed by atoms with Crippen LogP contribution in [0.2, 0.25) is 0 Å². The summed E-state index contributed by atoms with van der Waals surface area (Å²) in [5, 5.41) is 3.62. The molecule has 0 fully saturated rings. The van der Waals surface area contributed by atoms with E-state index in [-0.39, 0.29) is 0 Å². The first-order chi connectivity index (χ1) is 8.65. The highest BCUT2D eigenvalue weighted by Crippen LogP contribution is 2.34. The molecule has 0 aromatic carbocycles. The van der Waals surface area contributed by atoms with Gasteiger partial charge in [-0.1, -0.05) is 13.8 Å². The fourth-order valence-electron chi connectivity index (χ4n) is 2.24. The second-order valence-electron chi connectivity index (χ2n) is 4.52. The predicted octanol–water partition coefficient (Wildman–Crippen LogP) is 4.69. The number of aryl methyl sites for hydroxylation is 3. The van der Waals surface area contributed by atoms with E-state index < -0.39 is 0 Å². The van der Waals surface area contributed by atoms with E-state index in [1.54, 1.807) is 0 Å². The number of hydrogen-bond acceptors (Lipinski definition) is 3. The average Bonchev–Trinajstić information content (AvgIpc) is 2.93. The normalized spacial score (nSPS) is 12.9. The molecule has 98 valence electrons. The molecule has 2 heterocycles. The lowest BCUT2D eigenvalue weighted by Crippen LogP contribution is -2.21. The summed E-state index contributed by atoms with van der Waals surface area (Å²) < 4.78 is 0. The molecule has 1 unspecified atom stereocenters. The molecule has 1 atom stereocenters. The second kappa shape index (κ2) is 6.00. The maximum atomic E-state index is 3.62. The van der Waals surface area contributed by atoms with Crippen molar-refractivity contribution < 1.29 is 0 Å². The number of rotatable bonds is 5. The van der Waals surface area contributed by atoms with Crippen LogP contribution in [0.15, 0.2) is 18.2 Å². The van der Waals surface area contributed by atoms with E-state index in [9.17, 15) is 0 Å². The van der Waals surface area contributed by atoms with E-state index in [1.807, 2.05) is 22.7 Å². The number of hydrogen-bond donors (Lipinski definition) is 1. The van der Waals surface area contributed by atoms with Crippen LogP contribution in [0.25, 0.3) is 0 Å². The van der Waals surface area contributed by atoms with Crippen molar-refractivity contribution in [1.29, 1.82) is 0 Å². The van der Waals surface area contributed by atoms with Crippen molar-refractivity contribution >= 4 is 22.7 Å². The van der Waals surface area contributed by atoms with Crippen molar-refractivity contribution in [1.82, 2.24) is 5.32 Å². The van der Waals surface area contributed by atoms with Crippen molar-refractivity contribution in [3.63, 3.8) is 0 Å². The van der Waals surface area contributed by atoms with Crippen LogP contribution in [0.1, 0.15) is 45.0 Å². The number of nitrogens with one attached hydrogen (secondary N) is 1. The van der Waals surface area contributed by atoms with Gasteiger partial charge < -0.3 is 5.32 Å². The Morgan fingerprint density at radius 1 is 1.17 bits per heavy atom. The Labute approximate surface area is 118 Å². The molecule has 1 N–H and O–H groups in total. The fraction of sp³-hybridized carbons (Fsp3) is 0.467. The minimum Gasteiger partial charge on any atom is -0.306 e. The van der Waals surface area contributed by atoms with Crippen molar-refractivity contribution in [2.75, 3.05) is 6.54 Å². The van der Waals surface area contributed by atoms with E-state index in [1.165, 1.54) is 25.1 Å². The van der Waals surface area contributed by atoms with Crippen LogP contribution in [0.4, 0.5) is 0 Å². The van der Waals surface area contributed by atoms with Crippen LogP contribution in [-0.4, -0.2) is 6.54 Å². The molecular weight excluding hydrogens is 258 g/mol. The maximum Gasteiger partial charge on any atom is 0.0681 e. The van der Waals surface area contributed by atoms with E-state index in [0.717, 1.165) is 13.0 Å². The van der Waals surface area contributed by atoms with E-state index in [2.05, 4.69) is 51.2 Å². The fourth-order valence-corrected chi connectivity index (χ4v) is 4.26. The number of thiophene rings is 2. The van der Waals surface area contributed by atoms with Crippen LogP contribution in [0.5, 0.6) is 0 Å². The summed E-state index contributed by atoms with van der Waals surface area (Å²) in [6.45, 7) is 9.81. The van der Waals surface area contributed by atoms with Crippen LogP contribution >= 0.6 is 22.7 Å². The molecule has 0 bridgehead atoms. The lowest BCUT2D eigenvalue weighted by Gasteiger charge is -2.16. The molecule has 0 aliphatic carbocycles. The second-order valence-corrected chi connectivity index (χ2v) is 7.18. The van der Waals surface area contributed by atoms with E-state index in [4.69, 9.17) is 0 Å². The first-order valence-electron chi connectivity index (χ1n) is 6.54. The molecule has 0 radical (unpaired) electrons. The largest absolute Gasteiger partial charge is 0.306 e. The van der Waals surface area contributed by atoms with Gasteiger partial charge in [0.15, 0.2) is 0 Å². The quantitative estimate of drug-likeness (QED) is 0.837. The molecule has 2 aromatic heterocycles. The Kier molecular flexibility index (Phi) is 4.60. The van der Waals surface area contributed by atoms with Crippen molar-refractivity contribution in [2.24, 2.45) is 0 Å². The molecule has 2 rings (SSSR count). The molecule has 3 heteroatoms. The van der Waals surface area contributed by atoms with E-state index >= 15 is 0 Å². The van der Waals surface area contributed by atoms with Gasteiger partial charge in [0.05, 0.1) is 6.04 Å². The third-order valence-corrected chi connectivity index (χ3v) is 5.39. The Morgan fingerprint density at radius 3 is 2.44 bits per heavy atom. The Hall–Kier alpha value is -0.640. The Balaban J connectivity index is 2.36. The molecule has 0 aliphatic heterocycles. The summed E-state index contributed by atoms with van der Waals surface area (Å²) in [5.74, 6) is 0. The molecule has 0 spiro atoms. The summed E-state index contributed by atoms with van der Waals surface area (Å²) >= 11 is 3.83. The van der Waals surface area contributed by atoms with Crippen LogP contribution < -0.4 is 5.32 Å². The molecule has 18 heavy (non-hydrogen) atoms. The molecule has 1 nitrogen and oxygen atoms in total. The molecule has 2 aromatic rings. The summed E-state index contributed by atoms with van der Waals surface area (Å²) in [7, 11) is 0. The van der Waals surface area contributed by atoms with Gasteiger partial charge in [0.2, 0.25) is 0 Å². The van der Waals surface area contributed by atoms with Crippen LogP contribution in [0.3, 0.4) is 0 Å². The maximum absolute atomic E-state index is 3.62. The van der Waals surface area contributed by atoms with Gasteiger partial charge in [-0.3, -0.25) is 0 Å². The van der Waals surface area contributed by atoms with Gasteiger partial charge in [0, 0.05) is 19.5 Å². The zero-order valence-corrected chi connectivity index (χ0v) is 13.2. The topological polar surface area (TPSA) is 12.0 Å². The van der Waals surface area contributed by atoms with Crippen molar-refractivity contribution in [3.05, 3.63) is 43.3 Å². The molecule has 0 aliphatic rings. The lowest BCUT2D eigenvalue weighted by atomic mass is 10.1. The average molecular weight is 279 g/mol. The first kappa shape index (κ1) is 13.8. The third-order valence-electron chi connectivity index (χ3n) is 3.11. The Morgan fingerprint density at radius 2 is 1.94 bits per heavy atom. The Bertz CT molecular complexity index is 510. The highest BCUT2D eigenvalue weighted by molar-refractivity contribution is 7.12. The zero-order valence-electron chi connectivity index (χ0n) is 11.5. The van der Waals surface area contributed by atoms with Gasteiger partial charge in [-0.2, -0.15) is 0 Å². The highest BCUT2D eigenvalue weighted by atomic mass is 32.1. The van der Waals surface area contributed by atoms with Crippen molar-refractivity contribution in [2.45, 2.75) is 40.2 Å². The molecule has 0 amide bonds. The zero-order chi connectivity index (χ0) is 13.1. The predicted molar refractivity (Wildman–Crippen MR) is 83.0 cm³/mol. The molecular formula is C15H21NS2. The monoisotopic (exact) mass is 279 g/mol. The van der Waals surface area contributed by atoms with Crippen LogP contribution in [0, 0.1) is 13.8 Å². The van der Waals surface area contributed by atoms with Gasteiger partial charge in [-0.05, 0) is 50.6 Å². The van der Waals surface area contributed by atoms with Gasteiger partial charge in [0.25, 0.3) is 0 Å². The van der Waals surface area contributed by atoms with Gasteiger partial charge in [0.1, 0.15) is 0 Å². The lowest BCUT2D eigenvalue weighted by molar-refractivity contribution is 0.639. The van der Waals surface area contributed by atoms with Gasteiger partial charge in [-0.25, -0.2) is 0 Å². The smallest absolute Gasteiger partial charge is 0.0681 e. The van der Waals surface area contributed by atoms with Crippen LogP contribution in [-0.2, 0) is 6.42 Å². The van der Waals surface area contributed by atoms with E-state index in [0.29, 0.717) is 6.04 Å². The minimum absolute atomic E-state index is 0.366. The first-order valence-corrected chi connectivity index (χ1v) is 8.17. The summed E-state index contributed by atoms with van der Waals surface area (Å²) in [6.07, 6.45) is 1.13. The summed E-state index contributed by atoms with van der Waals surface area (Å²) in [5.41, 5.74) is 1.45. The van der Waals surface area contributed by atoms with Gasteiger partial charge in [-0.15, -0.1) is 22.7 Å². The minimum atomic E-state index is 0.366. The van der Waals surface area contributed by atoms with Crippen molar-refractivity contribution in [3.8, 4) is 0 Å².